The average Bonchev–Trinajstić information content (AvgIpc) is 2.82. The number of nitrogens with zero attached hydrogens (tertiary/aromatic N) is 5. The van der Waals surface area contributed by atoms with Crippen molar-refractivity contribution in [3.8, 4) is 0 Å². The number of halogens is 1. The Bertz CT molecular complexity index is 685. The maximum atomic E-state index is 12.2. The zero-order valence-electron chi connectivity index (χ0n) is 10.6. The van der Waals surface area contributed by atoms with Gasteiger partial charge in [0.25, 0.3) is 10.0 Å². The fraction of sp³-hybridized carbons (Fsp3) is 0.444. The first-order valence-corrected chi connectivity index (χ1v) is 7.63. The highest BCUT2D eigenvalue weighted by Gasteiger charge is 2.23. The maximum absolute atomic E-state index is 12.2. The highest BCUT2D eigenvalue weighted by molar-refractivity contribution is 9.10. The van der Waals surface area contributed by atoms with Crippen LogP contribution in [0.2, 0.25) is 0 Å². The van der Waals surface area contributed by atoms with E-state index in [1.165, 1.54) is 11.7 Å². The van der Waals surface area contributed by atoms with Crippen molar-refractivity contribution >= 4 is 26.0 Å². The molecule has 0 bridgehead atoms. The topological polar surface area (TPSA) is 94.7 Å². The summed E-state index contributed by atoms with van der Waals surface area (Å²) < 4.78 is 29.9. The molecule has 104 valence electrons. The summed E-state index contributed by atoms with van der Waals surface area (Å²) >= 11 is 3.07. The first-order valence-electron chi connectivity index (χ1n) is 5.35. The summed E-state index contributed by atoms with van der Waals surface area (Å²) in [4.78, 5) is 0. The molecule has 19 heavy (non-hydrogen) atoms. The van der Waals surface area contributed by atoms with Crippen LogP contribution in [0, 0.1) is 6.92 Å². The van der Waals surface area contributed by atoms with E-state index in [9.17, 15) is 8.42 Å². The normalized spacial score (nSPS) is 12.0. The lowest BCUT2D eigenvalue weighted by Crippen LogP contribution is -2.26. The van der Waals surface area contributed by atoms with Crippen molar-refractivity contribution in [1.82, 2.24) is 29.5 Å². The molecule has 0 saturated carbocycles. The molecule has 0 radical (unpaired) electrons. The number of sulfonamides is 1. The van der Waals surface area contributed by atoms with E-state index in [0.29, 0.717) is 0 Å². The lowest BCUT2D eigenvalue weighted by atomic mass is 10.3. The summed E-state index contributed by atoms with van der Waals surface area (Å²) in [6.45, 7) is 2.04. The summed E-state index contributed by atoms with van der Waals surface area (Å²) in [5.74, 6) is 0. The molecule has 0 amide bonds. The zero-order chi connectivity index (χ0) is 14.2. The van der Waals surface area contributed by atoms with E-state index in [-0.39, 0.29) is 16.2 Å². The van der Waals surface area contributed by atoms with E-state index in [1.54, 1.807) is 17.9 Å². The highest BCUT2D eigenvalue weighted by Crippen LogP contribution is 2.18. The summed E-state index contributed by atoms with van der Waals surface area (Å²) in [5, 5.41) is 11.3. The fourth-order valence-electron chi connectivity index (χ4n) is 1.57. The van der Waals surface area contributed by atoms with Crippen LogP contribution in [0.4, 0.5) is 0 Å². The van der Waals surface area contributed by atoms with Gasteiger partial charge in [0.1, 0.15) is 0 Å². The monoisotopic (exact) mass is 348 g/mol. The van der Waals surface area contributed by atoms with E-state index in [4.69, 9.17) is 0 Å². The molecule has 0 aliphatic heterocycles. The van der Waals surface area contributed by atoms with Crippen molar-refractivity contribution in [1.29, 1.82) is 0 Å². The fourth-order valence-corrected chi connectivity index (χ4v) is 3.66. The number of hydrogen-bond acceptors (Lipinski definition) is 5. The van der Waals surface area contributed by atoms with Crippen LogP contribution in [-0.2, 0) is 30.7 Å². The summed E-state index contributed by atoms with van der Waals surface area (Å²) in [7, 11) is -0.364. The van der Waals surface area contributed by atoms with Crippen molar-refractivity contribution in [3.63, 3.8) is 0 Å². The molecule has 0 atom stereocenters. The van der Waals surface area contributed by atoms with Crippen LogP contribution in [0.5, 0.6) is 0 Å². The van der Waals surface area contributed by atoms with E-state index in [0.717, 1.165) is 11.3 Å². The van der Waals surface area contributed by atoms with E-state index in [1.807, 2.05) is 6.92 Å². The second-order valence-corrected chi connectivity index (χ2v) is 6.45. The molecule has 10 heteroatoms. The first kappa shape index (κ1) is 14.2. The lowest BCUT2D eigenvalue weighted by molar-refractivity contribution is 0.560. The average molecular weight is 349 g/mol. The molecule has 0 aromatic carbocycles. The van der Waals surface area contributed by atoms with Crippen LogP contribution in [-0.4, -0.2) is 33.2 Å². The SMILES string of the molecule is Cc1c(CNS(=O)(=O)c2c(Br)nnn2C)cnn1C. The minimum absolute atomic E-state index is 0.00552. The molecule has 2 aromatic rings. The molecule has 2 heterocycles. The smallest absolute Gasteiger partial charge is 0.260 e. The number of aromatic nitrogens is 5. The predicted octanol–water partition coefficient (Wildman–Crippen LogP) is 0.0980. The Hall–Kier alpha value is -1.26. The van der Waals surface area contributed by atoms with Gasteiger partial charge in [-0.25, -0.2) is 17.8 Å². The van der Waals surface area contributed by atoms with Crippen molar-refractivity contribution in [3.05, 3.63) is 22.1 Å². The van der Waals surface area contributed by atoms with Crippen LogP contribution in [0.15, 0.2) is 15.8 Å². The molecule has 0 spiro atoms. The van der Waals surface area contributed by atoms with E-state index < -0.39 is 10.0 Å². The quantitative estimate of drug-likeness (QED) is 0.845. The predicted molar refractivity (Wildman–Crippen MR) is 70.7 cm³/mol. The van der Waals surface area contributed by atoms with Crippen LogP contribution in [0.3, 0.4) is 0 Å². The lowest BCUT2D eigenvalue weighted by Gasteiger charge is -2.06. The van der Waals surface area contributed by atoms with Crippen LogP contribution >= 0.6 is 15.9 Å². The Morgan fingerprint density at radius 2 is 2.05 bits per heavy atom. The largest absolute Gasteiger partial charge is 0.273 e. The summed E-state index contributed by atoms with van der Waals surface area (Å²) in [6.07, 6.45) is 1.63. The van der Waals surface area contributed by atoms with Gasteiger partial charge in [0.05, 0.1) is 6.20 Å². The van der Waals surface area contributed by atoms with E-state index in [2.05, 4.69) is 36.1 Å². The molecule has 2 aromatic heterocycles. The minimum atomic E-state index is -3.68. The Balaban J connectivity index is 2.22. The Labute approximate surface area is 119 Å². The van der Waals surface area contributed by atoms with Crippen molar-refractivity contribution in [2.45, 2.75) is 18.5 Å². The van der Waals surface area contributed by atoms with Gasteiger partial charge in [-0.3, -0.25) is 4.68 Å². The highest BCUT2D eigenvalue weighted by atomic mass is 79.9. The third kappa shape index (κ3) is 2.69. The summed E-state index contributed by atoms with van der Waals surface area (Å²) in [5.41, 5.74) is 1.72. The molecule has 0 aliphatic carbocycles. The first-order chi connectivity index (χ1) is 8.83. The molecular weight excluding hydrogens is 336 g/mol. The van der Waals surface area contributed by atoms with Crippen LogP contribution in [0.1, 0.15) is 11.3 Å². The van der Waals surface area contributed by atoms with E-state index >= 15 is 0 Å². The van der Waals surface area contributed by atoms with Crippen LogP contribution in [0.25, 0.3) is 0 Å². The molecule has 0 saturated heterocycles. The number of rotatable bonds is 4. The minimum Gasteiger partial charge on any atom is -0.273 e. The van der Waals surface area contributed by atoms with Crippen LogP contribution < -0.4 is 4.72 Å². The second-order valence-electron chi connectivity index (χ2n) is 4.01. The Kier molecular flexibility index (Phi) is 3.74. The number of hydrogen-bond donors (Lipinski definition) is 1. The third-order valence-corrected chi connectivity index (χ3v) is 5.07. The van der Waals surface area contributed by atoms with Gasteiger partial charge in [0.15, 0.2) is 4.60 Å². The van der Waals surface area contributed by atoms with Gasteiger partial charge in [0.2, 0.25) is 5.03 Å². The van der Waals surface area contributed by atoms with Gasteiger partial charge in [0, 0.05) is 31.9 Å². The van der Waals surface area contributed by atoms with Gasteiger partial charge in [-0.15, -0.1) is 5.10 Å². The molecule has 0 aliphatic rings. The van der Waals surface area contributed by atoms with Crippen molar-refractivity contribution < 1.29 is 8.42 Å². The Morgan fingerprint density at radius 1 is 1.37 bits per heavy atom. The molecule has 8 nitrogen and oxygen atoms in total. The molecular formula is C9H13BrN6O2S. The van der Waals surface area contributed by atoms with Crippen molar-refractivity contribution in [2.24, 2.45) is 14.1 Å². The zero-order valence-corrected chi connectivity index (χ0v) is 13.0. The number of aryl methyl sites for hydroxylation is 2. The molecule has 1 N–H and O–H groups in total. The molecule has 0 unspecified atom stereocenters. The van der Waals surface area contributed by atoms with Gasteiger partial charge >= 0.3 is 0 Å². The molecule has 2 rings (SSSR count). The maximum Gasteiger partial charge on any atom is 0.260 e. The second kappa shape index (κ2) is 5.02. The van der Waals surface area contributed by atoms with Gasteiger partial charge in [-0.1, -0.05) is 5.21 Å². The Morgan fingerprint density at radius 3 is 2.53 bits per heavy atom. The van der Waals surface area contributed by atoms with Gasteiger partial charge in [-0.05, 0) is 22.9 Å². The standard InChI is InChI=1S/C9H13BrN6O2S/c1-6-7(4-11-15(6)2)5-12-19(17,18)9-8(10)13-14-16(9)3/h4,12H,5H2,1-3H3. The summed E-state index contributed by atoms with van der Waals surface area (Å²) in [6, 6.07) is 0. The van der Waals surface area contributed by atoms with Crippen molar-refractivity contribution in [2.75, 3.05) is 0 Å². The molecule has 0 fully saturated rings. The van der Waals surface area contributed by atoms with Gasteiger partial charge < -0.3 is 0 Å². The third-order valence-electron chi connectivity index (χ3n) is 2.78. The number of nitrogens with one attached hydrogen (secondary N) is 1. The van der Waals surface area contributed by atoms with Gasteiger partial charge in [-0.2, -0.15) is 5.10 Å².